The minimum Gasteiger partial charge on any atom is -0.331 e. The van der Waals surface area contributed by atoms with Crippen molar-refractivity contribution in [1.82, 2.24) is 9.55 Å². The molecule has 34 heavy (non-hydrogen) atoms. The maximum absolute atomic E-state index is 13.8. The Hall–Kier alpha value is -2.37. The topological polar surface area (TPSA) is 64.4 Å². The van der Waals surface area contributed by atoms with Gasteiger partial charge in [0.25, 0.3) is 0 Å². The number of halogens is 5. The molecule has 2 heterocycles. The number of aryl methyl sites for hydroxylation is 2. The van der Waals surface area contributed by atoms with Crippen molar-refractivity contribution < 1.29 is 30.7 Å². The minimum atomic E-state index is -4.86. The lowest BCUT2D eigenvalue weighted by atomic mass is 10.1. The van der Waals surface area contributed by atoms with Gasteiger partial charge in [-0.15, -0.1) is 0 Å². The summed E-state index contributed by atoms with van der Waals surface area (Å²) in [5.74, 6) is 0.361. The van der Waals surface area contributed by atoms with E-state index < -0.39 is 28.5 Å². The summed E-state index contributed by atoms with van der Waals surface area (Å²) in [6.07, 6.45) is -7.82. The third-order valence-electron chi connectivity index (χ3n) is 5.65. The molecule has 0 spiro atoms. The molecular weight excluding hydrogens is 498 g/mol. The number of rotatable bonds is 5. The molecule has 4 rings (SSSR count). The van der Waals surface area contributed by atoms with Gasteiger partial charge in [-0.2, -0.15) is 13.2 Å². The molecule has 1 aromatic heterocycles. The van der Waals surface area contributed by atoms with Gasteiger partial charge in [-0.25, -0.2) is 17.8 Å². The quantitative estimate of drug-likeness (QED) is 0.394. The summed E-state index contributed by atoms with van der Waals surface area (Å²) in [5, 5.41) is 0.152. The van der Waals surface area contributed by atoms with Crippen LogP contribution in [0.4, 0.5) is 29.2 Å². The second-order valence-electron chi connectivity index (χ2n) is 8.22. The van der Waals surface area contributed by atoms with Crippen LogP contribution in [0.5, 0.6) is 0 Å². The molecule has 6 nitrogen and oxygen atoms in total. The van der Waals surface area contributed by atoms with Crippen molar-refractivity contribution in [2.45, 2.75) is 50.3 Å². The van der Waals surface area contributed by atoms with E-state index in [1.165, 1.54) is 18.2 Å². The van der Waals surface area contributed by atoms with Gasteiger partial charge in [-0.1, -0.05) is 17.7 Å². The first kappa shape index (κ1) is 24.7. The zero-order valence-corrected chi connectivity index (χ0v) is 20.1. The molecule has 0 radical (unpaired) electrons. The fourth-order valence-electron chi connectivity index (χ4n) is 4.24. The summed E-state index contributed by atoms with van der Waals surface area (Å²) in [4.78, 5) is 6.52. The molecule has 184 valence electrons. The van der Waals surface area contributed by atoms with E-state index in [2.05, 4.69) is 9.72 Å². The Morgan fingerprint density at radius 3 is 2.47 bits per heavy atom. The molecule has 3 aromatic rings. The van der Waals surface area contributed by atoms with Crippen LogP contribution in [-0.2, 0) is 21.1 Å². The lowest BCUT2D eigenvalue weighted by Gasteiger charge is -2.31. The van der Waals surface area contributed by atoms with Crippen LogP contribution in [0.1, 0.15) is 30.6 Å². The summed E-state index contributed by atoms with van der Waals surface area (Å²) in [6, 6.07) is 7.15. The largest absolute Gasteiger partial charge is 0.419 e. The monoisotopic (exact) mass is 519 g/mol. The highest BCUT2D eigenvalue weighted by molar-refractivity contribution is 7.90. The van der Waals surface area contributed by atoms with Gasteiger partial charge in [0.1, 0.15) is 5.52 Å². The Morgan fingerprint density at radius 1 is 1.18 bits per heavy atom. The zero-order chi connectivity index (χ0) is 25.0. The van der Waals surface area contributed by atoms with Crippen LogP contribution >= 0.6 is 11.6 Å². The van der Waals surface area contributed by atoms with Gasteiger partial charge in [0.15, 0.2) is 22.3 Å². The lowest BCUT2D eigenvalue weighted by molar-refractivity contribution is -0.249. The summed E-state index contributed by atoms with van der Waals surface area (Å²) in [5.41, 5.74) is 1.33. The lowest BCUT2D eigenvalue weighted by Crippen LogP contribution is -2.30. The van der Waals surface area contributed by atoms with Crippen LogP contribution in [0, 0.1) is 6.92 Å². The van der Waals surface area contributed by atoms with E-state index in [0.717, 1.165) is 13.2 Å². The van der Waals surface area contributed by atoms with Crippen LogP contribution in [0.25, 0.3) is 11.0 Å². The molecule has 0 fully saturated rings. The Bertz CT molecular complexity index is 1360. The van der Waals surface area contributed by atoms with Gasteiger partial charge in [0.2, 0.25) is 5.95 Å². The first-order valence-corrected chi connectivity index (χ1v) is 12.7. The molecule has 1 aliphatic heterocycles. The standard InChI is InChI=1S/C22H22ClF4N3O3S/c1-12-11-14(34(3,31)32)5-8-17(12)29-9-4-10-30-19-15(20(22(25,26)27)33-13(2)24)6-7-16(23)18(19)28-21(29)30/h5-8,11,13,20H,4,9-10H2,1-3H3. The maximum atomic E-state index is 13.8. The van der Waals surface area contributed by atoms with Crippen LogP contribution in [0.15, 0.2) is 35.2 Å². The van der Waals surface area contributed by atoms with Crippen molar-refractivity contribution in [3.05, 3.63) is 46.5 Å². The summed E-state index contributed by atoms with van der Waals surface area (Å²) in [6.45, 7) is 3.52. The molecule has 12 heteroatoms. The Balaban J connectivity index is 1.91. The average molecular weight is 520 g/mol. The average Bonchev–Trinajstić information content (AvgIpc) is 3.12. The highest BCUT2D eigenvalue weighted by Crippen LogP contribution is 2.44. The van der Waals surface area contributed by atoms with Crippen LogP contribution in [0.2, 0.25) is 5.02 Å². The third kappa shape index (κ3) is 4.48. The number of fused-ring (bicyclic) bond motifs is 3. The number of hydrogen-bond donors (Lipinski definition) is 0. The molecule has 0 saturated heterocycles. The molecule has 1 aliphatic rings. The van der Waals surface area contributed by atoms with Crippen LogP contribution in [0.3, 0.4) is 0 Å². The van der Waals surface area contributed by atoms with E-state index in [4.69, 9.17) is 11.6 Å². The number of nitrogens with zero attached hydrogens (tertiary/aromatic N) is 3. The van der Waals surface area contributed by atoms with Crippen molar-refractivity contribution in [3.63, 3.8) is 0 Å². The number of hydrogen-bond acceptors (Lipinski definition) is 5. The molecule has 2 atom stereocenters. The first-order chi connectivity index (χ1) is 15.8. The highest BCUT2D eigenvalue weighted by Gasteiger charge is 2.45. The number of aromatic nitrogens is 2. The van der Waals surface area contributed by atoms with Gasteiger partial charge in [0.05, 0.1) is 15.4 Å². The van der Waals surface area contributed by atoms with Gasteiger partial charge in [-0.05, 0) is 50.1 Å². The van der Waals surface area contributed by atoms with E-state index in [1.54, 1.807) is 23.6 Å². The van der Waals surface area contributed by atoms with E-state index in [9.17, 15) is 26.0 Å². The normalized spacial score (nSPS) is 16.5. The second-order valence-corrected chi connectivity index (χ2v) is 10.6. The molecular formula is C22H22ClF4N3O3S. The maximum Gasteiger partial charge on any atom is 0.419 e. The Kier molecular flexibility index (Phi) is 6.32. The predicted molar refractivity (Wildman–Crippen MR) is 121 cm³/mol. The van der Waals surface area contributed by atoms with Gasteiger partial charge < -0.3 is 14.2 Å². The zero-order valence-electron chi connectivity index (χ0n) is 18.5. The van der Waals surface area contributed by atoms with Gasteiger partial charge in [0, 0.05) is 30.6 Å². The molecule has 2 aromatic carbocycles. The number of anilines is 2. The summed E-state index contributed by atoms with van der Waals surface area (Å²) >= 11 is 6.31. The number of alkyl halides is 4. The van der Waals surface area contributed by atoms with Crippen LogP contribution in [-0.4, -0.2) is 43.3 Å². The predicted octanol–water partition coefficient (Wildman–Crippen LogP) is 5.88. The van der Waals surface area contributed by atoms with E-state index in [1.807, 2.05) is 4.90 Å². The van der Waals surface area contributed by atoms with Crippen molar-refractivity contribution in [2.24, 2.45) is 0 Å². The van der Waals surface area contributed by atoms with Crippen molar-refractivity contribution in [3.8, 4) is 0 Å². The van der Waals surface area contributed by atoms with E-state index >= 15 is 0 Å². The second kappa shape index (κ2) is 8.69. The van der Waals surface area contributed by atoms with E-state index in [-0.39, 0.29) is 26.5 Å². The number of imidazole rings is 1. The third-order valence-corrected chi connectivity index (χ3v) is 7.07. The first-order valence-electron chi connectivity index (χ1n) is 10.4. The van der Waals surface area contributed by atoms with Crippen molar-refractivity contribution in [1.29, 1.82) is 0 Å². The fraction of sp³-hybridized carbons (Fsp3) is 0.409. The number of sulfone groups is 1. The molecule has 0 aliphatic carbocycles. The van der Waals surface area contributed by atoms with Gasteiger partial charge >= 0.3 is 6.18 Å². The molecule has 0 bridgehead atoms. The van der Waals surface area contributed by atoms with Crippen molar-refractivity contribution >= 4 is 44.1 Å². The minimum absolute atomic E-state index is 0.126. The smallest absolute Gasteiger partial charge is 0.331 e. The summed E-state index contributed by atoms with van der Waals surface area (Å²) in [7, 11) is -3.41. The molecule has 2 unspecified atom stereocenters. The SMILES string of the molecule is Cc1cc(S(C)(=O)=O)ccc1N1CCCn2c1nc1c(Cl)ccc(C(OC(C)F)C(F)(F)F)c12. The molecule has 0 N–H and O–H groups in total. The summed E-state index contributed by atoms with van der Waals surface area (Å²) < 4.78 is 85.2. The Morgan fingerprint density at radius 2 is 1.88 bits per heavy atom. The number of benzene rings is 2. The van der Waals surface area contributed by atoms with E-state index in [0.29, 0.717) is 36.7 Å². The molecule has 0 amide bonds. The van der Waals surface area contributed by atoms with Crippen LogP contribution < -0.4 is 4.90 Å². The Labute approximate surface area is 199 Å². The van der Waals surface area contributed by atoms with Crippen molar-refractivity contribution in [2.75, 3.05) is 17.7 Å². The molecule has 0 saturated carbocycles. The number of ether oxygens (including phenoxy) is 1. The fourth-order valence-corrected chi connectivity index (χ4v) is 5.14. The highest BCUT2D eigenvalue weighted by atomic mass is 35.5. The van der Waals surface area contributed by atoms with Gasteiger partial charge in [-0.3, -0.25) is 0 Å².